The van der Waals surface area contributed by atoms with Gasteiger partial charge in [-0.15, -0.1) is 0 Å². The van der Waals surface area contributed by atoms with Crippen LogP contribution in [0.1, 0.15) is 30.9 Å². The highest BCUT2D eigenvalue weighted by Gasteiger charge is 2.35. The van der Waals surface area contributed by atoms with E-state index in [9.17, 15) is 26.7 Å². The maximum Gasteiger partial charge on any atom is 0.261 e. The van der Waals surface area contributed by atoms with Crippen LogP contribution >= 0.6 is 0 Å². The Morgan fingerprint density at radius 1 is 1.16 bits per heavy atom. The molecule has 4 rings (SSSR count). The van der Waals surface area contributed by atoms with Gasteiger partial charge in [0.1, 0.15) is 28.2 Å². The first-order valence-electron chi connectivity index (χ1n) is 13.9. The van der Waals surface area contributed by atoms with Gasteiger partial charge in [0.05, 0.1) is 37.6 Å². The number of nitrogens with zero attached hydrogens (tertiary/aromatic N) is 3. The van der Waals surface area contributed by atoms with Gasteiger partial charge in [0, 0.05) is 30.8 Å². The molecule has 1 aromatic heterocycles. The molecule has 0 saturated heterocycles. The average Bonchev–Trinajstić information content (AvgIpc) is 3.34. The number of hydrogen-bond acceptors (Lipinski definition) is 10. The molecule has 2 N–H and O–H groups in total. The quantitative estimate of drug-likeness (QED) is 0.333. The van der Waals surface area contributed by atoms with Crippen LogP contribution in [0.15, 0.2) is 56.8 Å². The summed E-state index contributed by atoms with van der Waals surface area (Å²) in [5.74, 6) is 0.322. The highest BCUT2D eigenvalue weighted by Crippen LogP contribution is 2.31. The number of carbonyl (C=O) groups excluding carboxylic acids is 1. The Bertz CT molecular complexity index is 1690. The summed E-state index contributed by atoms with van der Waals surface area (Å²) in [5.41, 5.74) is 0.844. The molecule has 13 nitrogen and oxygen atoms in total. The number of amides is 1. The third kappa shape index (κ3) is 7.01. The van der Waals surface area contributed by atoms with Crippen LogP contribution in [0.25, 0.3) is 0 Å². The maximum atomic E-state index is 13.5. The average molecular weight is 651 g/mol. The van der Waals surface area contributed by atoms with Crippen LogP contribution < -0.4 is 14.2 Å². The van der Waals surface area contributed by atoms with Gasteiger partial charge in [-0.1, -0.05) is 12.1 Å². The van der Waals surface area contributed by atoms with Crippen molar-refractivity contribution in [2.24, 2.45) is 5.92 Å². The number of aliphatic hydroxyl groups excluding tert-OH is 1. The zero-order valence-corrected chi connectivity index (χ0v) is 27.1. The molecule has 15 heteroatoms. The number of fused-ring (bicyclic) bond motifs is 1. The summed E-state index contributed by atoms with van der Waals surface area (Å²) in [6.07, 6.45) is -0.861. The zero-order valence-electron chi connectivity index (χ0n) is 25.5. The first kappa shape index (κ1) is 33.2. The molecule has 0 aliphatic carbocycles. The van der Waals surface area contributed by atoms with Gasteiger partial charge in [0.2, 0.25) is 15.9 Å². The lowest BCUT2D eigenvalue weighted by Crippen LogP contribution is -2.48. The molecule has 2 aromatic carbocycles. The molecule has 3 atom stereocenters. The second kappa shape index (κ2) is 13.1. The summed E-state index contributed by atoms with van der Waals surface area (Å²) < 4.78 is 73.4. The van der Waals surface area contributed by atoms with Crippen molar-refractivity contribution in [3.63, 3.8) is 0 Å². The van der Waals surface area contributed by atoms with Gasteiger partial charge in [0.15, 0.2) is 5.76 Å². The molecule has 0 fully saturated rings. The van der Waals surface area contributed by atoms with Gasteiger partial charge in [-0.2, -0.15) is 4.31 Å². The van der Waals surface area contributed by atoms with E-state index >= 15 is 0 Å². The lowest BCUT2D eigenvalue weighted by molar-refractivity contribution is -0.134. The van der Waals surface area contributed by atoms with Crippen LogP contribution in [0.2, 0.25) is 0 Å². The van der Waals surface area contributed by atoms with E-state index in [2.05, 4.69) is 9.88 Å². The van der Waals surface area contributed by atoms with E-state index in [1.165, 1.54) is 62.4 Å². The fourth-order valence-corrected chi connectivity index (χ4v) is 7.55. The number of nitrogens with one attached hydrogen (secondary N) is 1. The molecule has 1 amide bonds. The van der Waals surface area contributed by atoms with Gasteiger partial charge in [-0.05, 0) is 63.2 Å². The van der Waals surface area contributed by atoms with Crippen LogP contribution in [0.4, 0.5) is 5.69 Å². The Labute approximate surface area is 257 Å². The van der Waals surface area contributed by atoms with E-state index in [1.54, 1.807) is 19.9 Å². The molecule has 1 aliphatic rings. The van der Waals surface area contributed by atoms with E-state index < -0.39 is 32.2 Å². The molecular weight excluding hydrogens is 612 g/mol. The van der Waals surface area contributed by atoms with Gasteiger partial charge in [-0.3, -0.25) is 9.52 Å². The molecule has 240 valence electrons. The van der Waals surface area contributed by atoms with E-state index in [4.69, 9.17) is 14.0 Å². The summed E-state index contributed by atoms with van der Waals surface area (Å²) in [7, 11) is -5.06. The van der Waals surface area contributed by atoms with Crippen LogP contribution in [-0.4, -0.2) is 88.2 Å². The predicted molar refractivity (Wildman–Crippen MR) is 162 cm³/mol. The Morgan fingerprint density at radius 2 is 1.84 bits per heavy atom. The van der Waals surface area contributed by atoms with Crippen LogP contribution in [0.5, 0.6) is 11.5 Å². The summed E-state index contributed by atoms with van der Waals surface area (Å²) >= 11 is 0. The minimum Gasteiger partial charge on any atom is -0.497 e. The van der Waals surface area contributed by atoms with Crippen molar-refractivity contribution in [3.05, 3.63) is 59.5 Å². The Morgan fingerprint density at radius 3 is 2.43 bits per heavy atom. The van der Waals surface area contributed by atoms with Gasteiger partial charge >= 0.3 is 0 Å². The van der Waals surface area contributed by atoms with Crippen LogP contribution in [-0.2, 0) is 31.3 Å². The van der Waals surface area contributed by atoms with Crippen molar-refractivity contribution in [2.45, 2.75) is 56.1 Å². The number of aliphatic hydroxyl groups is 1. The highest BCUT2D eigenvalue weighted by molar-refractivity contribution is 7.92. The monoisotopic (exact) mass is 650 g/mol. The lowest BCUT2D eigenvalue weighted by Gasteiger charge is -2.33. The molecule has 3 aromatic rings. The molecule has 1 aliphatic heterocycles. The van der Waals surface area contributed by atoms with Gasteiger partial charge in [0.25, 0.3) is 10.0 Å². The molecule has 44 heavy (non-hydrogen) atoms. The first-order valence-corrected chi connectivity index (χ1v) is 16.9. The minimum atomic E-state index is -4.00. The predicted octanol–water partition coefficient (Wildman–Crippen LogP) is 2.57. The van der Waals surface area contributed by atoms with E-state index in [-0.39, 0.29) is 64.9 Å². The number of aryl methyl sites for hydroxylation is 2. The highest BCUT2D eigenvalue weighted by atomic mass is 32.2. The zero-order chi connectivity index (χ0) is 32.4. The second-order valence-electron chi connectivity index (χ2n) is 10.9. The van der Waals surface area contributed by atoms with Gasteiger partial charge < -0.3 is 24.0 Å². The molecule has 2 heterocycles. The molecule has 0 bridgehead atoms. The number of carbonyl (C=O) groups is 1. The molecule has 0 radical (unpaired) electrons. The number of ether oxygens (including phenoxy) is 2. The fraction of sp³-hybridized carbons (Fsp3) is 0.448. The van der Waals surface area contributed by atoms with Crippen molar-refractivity contribution in [3.8, 4) is 11.5 Å². The van der Waals surface area contributed by atoms with E-state index in [0.29, 0.717) is 17.1 Å². The maximum absolute atomic E-state index is 13.5. The topological polar surface area (TPSA) is 169 Å². The first-order chi connectivity index (χ1) is 20.7. The number of anilines is 1. The SMILES string of the molecule is COc1ccc(S(=O)(=O)Nc2ccc3c(c2)CC(=O)N([C@@H](C)CO)C[C@H](C)[C@@H](CN(C)S(=O)(=O)c2c(C)noc2C)O3)cc1. The number of aromatic nitrogens is 1. The Kier molecular flexibility index (Phi) is 9.93. The second-order valence-corrected chi connectivity index (χ2v) is 14.6. The Hall–Kier alpha value is -3.66. The molecule has 0 saturated carbocycles. The number of sulfonamides is 2. The van der Waals surface area contributed by atoms with Crippen molar-refractivity contribution >= 4 is 31.6 Å². The smallest absolute Gasteiger partial charge is 0.261 e. The number of likely N-dealkylation sites (N-methyl/N-ethyl adjacent to an activating group) is 1. The molecule has 0 spiro atoms. The number of hydrogen-bond donors (Lipinski definition) is 2. The molecular formula is C29H38N4O9S2. The van der Waals surface area contributed by atoms with Crippen molar-refractivity contribution in [1.82, 2.24) is 14.4 Å². The summed E-state index contributed by atoms with van der Waals surface area (Å²) in [4.78, 5) is 15.0. The summed E-state index contributed by atoms with van der Waals surface area (Å²) in [5, 5.41) is 13.7. The minimum absolute atomic E-state index is 0.0180. The third-order valence-electron chi connectivity index (χ3n) is 7.61. The van der Waals surface area contributed by atoms with E-state index in [1.807, 2.05) is 6.92 Å². The summed E-state index contributed by atoms with van der Waals surface area (Å²) in [6.45, 7) is 6.46. The van der Waals surface area contributed by atoms with Crippen molar-refractivity contribution in [2.75, 3.05) is 38.6 Å². The number of methoxy groups -OCH3 is 1. The normalized spacial score (nSPS) is 18.5. The number of rotatable bonds is 10. The third-order valence-corrected chi connectivity index (χ3v) is 11.1. The van der Waals surface area contributed by atoms with Crippen LogP contribution in [0.3, 0.4) is 0 Å². The fourth-order valence-electron chi connectivity index (χ4n) is 5.03. The lowest BCUT2D eigenvalue weighted by atomic mass is 10.0. The Balaban J connectivity index is 1.68. The molecule has 0 unspecified atom stereocenters. The van der Waals surface area contributed by atoms with Crippen molar-refractivity contribution in [1.29, 1.82) is 0 Å². The summed E-state index contributed by atoms with van der Waals surface area (Å²) in [6, 6.07) is 9.97. The van der Waals surface area contributed by atoms with Crippen molar-refractivity contribution < 1.29 is 40.7 Å². The van der Waals surface area contributed by atoms with Crippen LogP contribution in [0, 0.1) is 19.8 Å². The van der Waals surface area contributed by atoms with Gasteiger partial charge in [-0.25, -0.2) is 16.8 Å². The largest absolute Gasteiger partial charge is 0.497 e. The van der Waals surface area contributed by atoms with E-state index in [0.717, 1.165) is 4.31 Å². The standard InChI is InChI=1S/C29H38N4O9S2/c1-18-15-33(19(2)17-34)28(35)14-22-13-23(31-43(36,37)25-10-8-24(40-6)9-11-25)7-12-26(22)41-27(18)16-32(5)44(38,39)29-20(3)30-42-21(29)4/h7-13,18-19,27,31,34H,14-17H2,1-6H3/t18-,19-,27+/m0/s1. The number of benzene rings is 2.